The highest BCUT2D eigenvalue weighted by molar-refractivity contribution is 4.97. The van der Waals surface area contributed by atoms with Gasteiger partial charge in [-0.25, -0.2) is 0 Å². The Labute approximate surface area is 96.2 Å². The molecule has 15 heavy (non-hydrogen) atoms. The Kier molecular flexibility index (Phi) is 5.11. The van der Waals surface area contributed by atoms with E-state index >= 15 is 0 Å². The van der Waals surface area contributed by atoms with Crippen molar-refractivity contribution in [1.29, 1.82) is 0 Å². The van der Waals surface area contributed by atoms with Crippen molar-refractivity contribution in [3.63, 3.8) is 0 Å². The fourth-order valence-electron chi connectivity index (χ4n) is 3.37. The van der Waals surface area contributed by atoms with Crippen molar-refractivity contribution in [2.75, 3.05) is 19.6 Å². The lowest BCUT2D eigenvalue weighted by Crippen LogP contribution is -2.50. The van der Waals surface area contributed by atoms with Crippen molar-refractivity contribution in [2.45, 2.75) is 59.8 Å². The molecule has 1 saturated carbocycles. The molecule has 2 fully saturated rings. The summed E-state index contributed by atoms with van der Waals surface area (Å²) in [4.78, 5) is 2.65. The van der Waals surface area contributed by atoms with E-state index in [2.05, 4.69) is 18.7 Å². The van der Waals surface area contributed by atoms with Crippen molar-refractivity contribution in [3.8, 4) is 0 Å². The Morgan fingerprint density at radius 2 is 1.87 bits per heavy atom. The lowest BCUT2D eigenvalue weighted by molar-refractivity contribution is -0.0227. The van der Waals surface area contributed by atoms with E-state index in [9.17, 15) is 0 Å². The summed E-state index contributed by atoms with van der Waals surface area (Å²) < 4.78 is 0. The standard InChI is InChI=1S/C12H23N.C2H6/c1-3-11-8-12(9-11)6-5-7-13(4-2)10-12;1-2/h11H,3-10H2,1-2H3;1-2H3. The van der Waals surface area contributed by atoms with Gasteiger partial charge in [-0.15, -0.1) is 0 Å². The average Bonchev–Trinajstić information content (AvgIpc) is 2.28. The summed E-state index contributed by atoms with van der Waals surface area (Å²) in [6, 6.07) is 0. The first-order chi connectivity index (χ1) is 7.28. The SMILES string of the molecule is CC.CCC1CC2(CCCN(CC)C2)C1. The molecule has 1 spiro atoms. The monoisotopic (exact) mass is 211 g/mol. The third-order valence-electron chi connectivity index (χ3n) is 4.21. The van der Waals surface area contributed by atoms with Crippen LogP contribution in [0.4, 0.5) is 0 Å². The van der Waals surface area contributed by atoms with Crippen molar-refractivity contribution in [3.05, 3.63) is 0 Å². The first kappa shape index (κ1) is 13.0. The van der Waals surface area contributed by atoms with Gasteiger partial charge in [0.15, 0.2) is 0 Å². The molecule has 1 heteroatoms. The number of hydrogen-bond donors (Lipinski definition) is 0. The molecule has 1 nitrogen and oxygen atoms in total. The maximum absolute atomic E-state index is 2.65. The van der Waals surface area contributed by atoms with Crippen LogP contribution in [0.25, 0.3) is 0 Å². The minimum absolute atomic E-state index is 0.773. The molecule has 1 aliphatic carbocycles. The molecule has 0 aromatic heterocycles. The highest BCUT2D eigenvalue weighted by Crippen LogP contribution is 2.52. The van der Waals surface area contributed by atoms with Crippen LogP contribution in [-0.2, 0) is 0 Å². The van der Waals surface area contributed by atoms with E-state index in [0.717, 1.165) is 11.3 Å². The molecular weight excluding hydrogens is 182 g/mol. The van der Waals surface area contributed by atoms with Crippen LogP contribution in [0.1, 0.15) is 59.8 Å². The largest absolute Gasteiger partial charge is 0.303 e. The third-order valence-corrected chi connectivity index (χ3v) is 4.21. The lowest BCUT2D eigenvalue weighted by atomic mass is 9.58. The lowest BCUT2D eigenvalue weighted by Gasteiger charge is -2.53. The molecule has 0 atom stereocenters. The van der Waals surface area contributed by atoms with Crippen LogP contribution in [0.2, 0.25) is 0 Å². The van der Waals surface area contributed by atoms with Gasteiger partial charge in [0.1, 0.15) is 0 Å². The topological polar surface area (TPSA) is 3.24 Å². The van der Waals surface area contributed by atoms with Crippen LogP contribution in [0.5, 0.6) is 0 Å². The van der Waals surface area contributed by atoms with Gasteiger partial charge in [0.2, 0.25) is 0 Å². The summed E-state index contributed by atoms with van der Waals surface area (Å²) in [5.74, 6) is 1.07. The van der Waals surface area contributed by atoms with Gasteiger partial charge < -0.3 is 4.90 Å². The summed E-state index contributed by atoms with van der Waals surface area (Å²) in [5.41, 5.74) is 0.773. The minimum Gasteiger partial charge on any atom is -0.303 e. The maximum Gasteiger partial charge on any atom is 0.00381 e. The minimum atomic E-state index is 0.773. The number of hydrogen-bond acceptors (Lipinski definition) is 1. The summed E-state index contributed by atoms with van der Waals surface area (Å²) in [5, 5.41) is 0. The Morgan fingerprint density at radius 3 is 2.40 bits per heavy atom. The van der Waals surface area contributed by atoms with Crippen LogP contribution in [-0.4, -0.2) is 24.5 Å². The predicted octanol–water partition coefficient (Wildman–Crippen LogP) is 3.93. The molecule has 1 aliphatic heterocycles. The van der Waals surface area contributed by atoms with Gasteiger partial charge in [0.25, 0.3) is 0 Å². The molecule has 2 rings (SSSR count). The zero-order valence-electron chi connectivity index (χ0n) is 11.2. The summed E-state index contributed by atoms with van der Waals surface area (Å²) >= 11 is 0. The molecule has 2 aliphatic rings. The molecule has 1 heterocycles. The Hall–Kier alpha value is -0.0400. The third kappa shape index (κ3) is 2.96. The van der Waals surface area contributed by atoms with Crippen LogP contribution >= 0.6 is 0 Å². The van der Waals surface area contributed by atoms with Gasteiger partial charge in [-0.1, -0.05) is 34.1 Å². The van der Waals surface area contributed by atoms with Crippen molar-refractivity contribution in [1.82, 2.24) is 4.90 Å². The highest BCUT2D eigenvalue weighted by Gasteiger charge is 2.44. The van der Waals surface area contributed by atoms with Gasteiger partial charge in [0, 0.05) is 6.54 Å². The second-order valence-corrected chi connectivity index (χ2v) is 5.15. The van der Waals surface area contributed by atoms with E-state index in [1.165, 1.54) is 51.7 Å². The maximum atomic E-state index is 2.65. The van der Waals surface area contributed by atoms with E-state index in [-0.39, 0.29) is 0 Å². The van der Waals surface area contributed by atoms with Crippen molar-refractivity contribution < 1.29 is 0 Å². The Balaban J connectivity index is 0.000000531. The smallest absolute Gasteiger partial charge is 0.00381 e. The first-order valence-electron chi connectivity index (χ1n) is 7.00. The summed E-state index contributed by atoms with van der Waals surface area (Å²) in [6.07, 6.45) is 7.43. The van der Waals surface area contributed by atoms with Gasteiger partial charge in [-0.05, 0) is 50.1 Å². The van der Waals surface area contributed by atoms with E-state index in [1.54, 1.807) is 0 Å². The van der Waals surface area contributed by atoms with Gasteiger partial charge in [-0.2, -0.15) is 0 Å². The molecule has 0 N–H and O–H groups in total. The van der Waals surface area contributed by atoms with E-state index < -0.39 is 0 Å². The molecule has 0 aromatic carbocycles. The molecule has 0 bridgehead atoms. The predicted molar refractivity (Wildman–Crippen MR) is 68.1 cm³/mol. The zero-order chi connectivity index (χ0) is 11.3. The van der Waals surface area contributed by atoms with Crippen LogP contribution in [0.15, 0.2) is 0 Å². The summed E-state index contributed by atoms with van der Waals surface area (Å²) in [6.45, 7) is 12.7. The molecule has 0 unspecified atom stereocenters. The molecule has 0 radical (unpaired) electrons. The number of nitrogens with zero attached hydrogens (tertiary/aromatic N) is 1. The quantitative estimate of drug-likeness (QED) is 0.669. The molecular formula is C14H29N. The van der Waals surface area contributed by atoms with E-state index in [0.29, 0.717) is 0 Å². The van der Waals surface area contributed by atoms with E-state index in [4.69, 9.17) is 0 Å². The van der Waals surface area contributed by atoms with Crippen LogP contribution in [0, 0.1) is 11.3 Å². The Bertz CT molecular complexity index is 170. The van der Waals surface area contributed by atoms with Gasteiger partial charge in [-0.3, -0.25) is 0 Å². The Morgan fingerprint density at radius 1 is 1.20 bits per heavy atom. The number of rotatable bonds is 2. The fourth-order valence-corrected chi connectivity index (χ4v) is 3.37. The normalized spacial score (nSPS) is 35.6. The number of likely N-dealkylation sites (tertiary alicyclic amines) is 1. The first-order valence-corrected chi connectivity index (χ1v) is 7.00. The van der Waals surface area contributed by atoms with Gasteiger partial charge in [0.05, 0.1) is 0 Å². The molecule has 1 saturated heterocycles. The second-order valence-electron chi connectivity index (χ2n) is 5.15. The van der Waals surface area contributed by atoms with Crippen molar-refractivity contribution >= 4 is 0 Å². The zero-order valence-corrected chi connectivity index (χ0v) is 11.2. The van der Waals surface area contributed by atoms with Crippen LogP contribution < -0.4 is 0 Å². The van der Waals surface area contributed by atoms with Gasteiger partial charge >= 0.3 is 0 Å². The van der Waals surface area contributed by atoms with Crippen LogP contribution in [0.3, 0.4) is 0 Å². The average molecular weight is 211 g/mol. The molecule has 0 aromatic rings. The highest BCUT2D eigenvalue weighted by atomic mass is 15.1. The molecule has 0 amide bonds. The second kappa shape index (κ2) is 5.89. The number of piperidine rings is 1. The van der Waals surface area contributed by atoms with E-state index in [1.807, 2.05) is 13.8 Å². The summed E-state index contributed by atoms with van der Waals surface area (Å²) in [7, 11) is 0. The fraction of sp³-hybridized carbons (Fsp3) is 1.00. The van der Waals surface area contributed by atoms with Crippen molar-refractivity contribution in [2.24, 2.45) is 11.3 Å². The molecule has 90 valence electrons.